The lowest BCUT2D eigenvalue weighted by molar-refractivity contribution is -0.147. The topological polar surface area (TPSA) is 143 Å². The van der Waals surface area contributed by atoms with E-state index in [0.29, 0.717) is 17.9 Å². The van der Waals surface area contributed by atoms with Crippen molar-refractivity contribution in [3.63, 3.8) is 0 Å². The summed E-state index contributed by atoms with van der Waals surface area (Å²) in [6.45, 7) is -0.315. The zero-order chi connectivity index (χ0) is 34.0. The summed E-state index contributed by atoms with van der Waals surface area (Å²) in [6.07, 6.45) is 3.34. The van der Waals surface area contributed by atoms with Gasteiger partial charge in [-0.15, -0.1) is 0 Å². The Morgan fingerprint density at radius 3 is 2.19 bits per heavy atom. The number of cyclic esters (lactones) is 1. The number of alkyl carbamates (subject to hydrolysis) is 1. The summed E-state index contributed by atoms with van der Waals surface area (Å²) in [5.41, 5.74) is 2.90. The molecule has 4 N–H and O–H groups in total. The largest absolute Gasteiger partial charge is 0.462 e. The van der Waals surface area contributed by atoms with Crippen LogP contribution in [0.2, 0.25) is 0 Å². The molecule has 0 aromatic heterocycles. The number of hydrogen-bond acceptors (Lipinski definition) is 8. The quantitative estimate of drug-likeness (QED) is 0.155. The average Bonchev–Trinajstić information content (AvgIpc) is 3.10. The van der Waals surface area contributed by atoms with Gasteiger partial charge in [-0.3, -0.25) is 9.59 Å². The number of amides is 3. The van der Waals surface area contributed by atoms with E-state index in [1.54, 1.807) is 23.9 Å². The molecule has 10 nitrogen and oxygen atoms in total. The van der Waals surface area contributed by atoms with Crippen LogP contribution in [0.25, 0.3) is 0 Å². The molecule has 48 heavy (non-hydrogen) atoms. The van der Waals surface area contributed by atoms with E-state index in [-0.39, 0.29) is 50.9 Å². The Balaban J connectivity index is 1.42. The molecular formula is C37H43N3O7S. The third-order valence-electron chi connectivity index (χ3n) is 7.67. The van der Waals surface area contributed by atoms with E-state index in [4.69, 9.17) is 9.47 Å². The molecule has 4 unspecified atom stereocenters. The Labute approximate surface area is 285 Å². The number of aliphatic hydroxyl groups is 1. The van der Waals surface area contributed by atoms with Crippen LogP contribution in [0.15, 0.2) is 103 Å². The van der Waals surface area contributed by atoms with Crippen molar-refractivity contribution >= 4 is 35.6 Å². The fraction of sp³-hybridized carbons (Fsp3) is 0.351. The maximum absolute atomic E-state index is 13.5. The molecule has 0 fully saturated rings. The van der Waals surface area contributed by atoms with E-state index >= 15 is 0 Å². The van der Waals surface area contributed by atoms with Gasteiger partial charge in [-0.25, -0.2) is 9.59 Å². The molecule has 0 spiro atoms. The fourth-order valence-electron chi connectivity index (χ4n) is 5.09. The second kappa shape index (κ2) is 19.9. The van der Waals surface area contributed by atoms with Gasteiger partial charge in [-0.2, -0.15) is 11.8 Å². The number of rotatable bonds is 13. The summed E-state index contributed by atoms with van der Waals surface area (Å²) in [5, 5.41) is 18.4. The molecule has 0 aliphatic carbocycles. The van der Waals surface area contributed by atoms with Crippen molar-refractivity contribution in [2.24, 2.45) is 5.92 Å². The molecule has 0 bridgehead atoms. The van der Waals surface area contributed by atoms with Crippen molar-refractivity contribution in [2.75, 3.05) is 19.0 Å². The fourth-order valence-corrected chi connectivity index (χ4v) is 6.10. The second-order valence-electron chi connectivity index (χ2n) is 11.6. The number of thioether (sulfide) groups is 1. The first-order valence-electron chi connectivity index (χ1n) is 16.0. The maximum Gasteiger partial charge on any atom is 0.408 e. The van der Waals surface area contributed by atoms with E-state index < -0.39 is 36.1 Å². The van der Waals surface area contributed by atoms with Gasteiger partial charge in [-0.05, 0) is 36.0 Å². The monoisotopic (exact) mass is 673 g/mol. The number of esters is 1. The minimum absolute atomic E-state index is 0.0449. The first-order chi connectivity index (χ1) is 23.4. The van der Waals surface area contributed by atoms with Crippen LogP contribution >= 0.6 is 11.8 Å². The molecule has 0 saturated heterocycles. The zero-order valence-electron chi connectivity index (χ0n) is 26.8. The third-order valence-corrected chi connectivity index (χ3v) is 8.84. The lowest BCUT2D eigenvalue weighted by Crippen LogP contribution is -2.47. The molecule has 3 aromatic carbocycles. The molecule has 4 atom stereocenters. The van der Waals surface area contributed by atoms with Gasteiger partial charge in [0.2, 0.25) is 11.8 Å². The minimum Gasteiger partial charge on any atom is -0.462 e. The van der Waals surface area contributed by atoms with Gasteiger partial charge in [-0.1, -0.05) is 103 Å². The average molecular weight is 674 g/mol. The Bertz CT molecular complexity index is 1470. The zero-order valence-corrected chi connectivity index (χ0v) is 27.6. The van der Waals surface area contributed by atoms with E-state index in [2.05, 4.69) is 16.0 Å². The van der Waals surface area contributed by atoms with Gasteiger partial charge in [0.15, 0.2) is 0 Å². The van der Waals surface area contributed by atoms with Crippen molar-refractivity contribution in [1.82, 2.24) is 16.0 Å². The molecule has 254 valence electrons. The van der Waals surface area contributed by atoms with Gasteiger partial charge in [0.1, 0.15) is 19.3 Å². The summed E-state index contributed by atoms with van der Waals surface area (Å²) in [6, 6.07) is 26.6. The molecule has 3 aromatic rings. The van der Waals surface area contributed by atoms with E-state index in [0.717, 1.165) is 16.7 Å². The van der Waals surface area contributed by atoms with E-state index in [1.165, 1.54) is 0 Å². The lowest BCUT2D eigenvalue weighted by atomic mass is 9.97. The van der Waals surface area contributed by atoms with Crippen LogP contribution in [0.3, 0.4) is 0 Å². The smallest absolute Gasteiger partial charge is 0.408 e. The summed E-state index contributed by atoms with van der Waals surface area (Å²) < 4.78 is 10.9. The van der Waals surface area contributed by atoms with Gasteiger partial charge in [0.25, 0.3) is 0 Å². The minimum atomic E-state index is -1.01. The second-order valence-corrected chi connectivity index (χ2v) is 12.6. The number of carbonyl (C=O) groups excluding carboxylic acids is 4. The van der Waals surface area contributed by atoms with Crippen LogP contribution in [0.5, 0.6) is 0 Å². The number of allylic oxidation sites excluding steroid dienone is 1. The SMILES string of the molecule is O=C(CC1CC=CCC(NC(=O)OCc2ccccc2)C(=O)OCC(CSCc2ccccc2)NC1=O)NC(CO)Cc1ccccc1. The molecule has 0 radical (unpaired) electrons. The lowest BCUT2D eigenvalue weighted by Gasteiger charge is -2.25. The summed E-state index contributed by atoms with van der Waals surface area (Å²) in [5.74, 6) is -0.905. The predicted octanol–water partition coefficient (Wildman–Crippen LogP) is 4.32. The molecule has 4 rings (SSSR count). The van der Waals surface area contributed by atoms with Crippen molar-refractivity contribution < 1.29 is 33.8 Å². The number of aliphatic hydroxyl groups excluding tert-OH is 1. The highest BCUT2D eigenvalue weighted by Crippen LogP contribution is 2.17. The number of ether oxygens (including phenoxy) is 2. The van der Waals surface area contributed by atoms with Crippen molar-refractivity contribution in [3.05, 3.63) is 120 Å². The van der Waals surface area contributed by atoms with Crippen molar-refractivity contribution in [3.8, 4) is 0 Å². The van der Waals surface area contributed by atoms with Crippen molar-refractivity contribution in [2.45, 2.75) is 56.2 Å². The molecule has 0 saturated carbocycles. The van der Waals surface area contributed by atoms with Crippen LogP contribution in [0.4, 0.5) is 4.79 Å². The van der Waals surface area contributed by atoms with Crippen LogP contribution in [0.1, 0.15) is 36.0 Å². The predicted molar refractivity (Wildman–Crippen MR) is 185 cm³/mol. The van der Waals surface area contributed by atoms with Gasteiger partial charge in [0, 0.05) is 17.9 Å². The Kier molecular flexibility index (Phi) is 15.0. The van der Waals surface area contributed by atoms with Gasteiger partial charge in [0.05, 0.1) is 24.6 Å². The highest BCUT2D eigenvalue weighted by molar-refractivity contribution is 7.98. The van der Waals surface area contributed by atoms with Crippen LogP contribution < -0.4 is 16.0 Å². The molecular weight excluding hydrogens is 630 g/mol. The number of carbonyl (C=O) groups is 4. The Morgan fingerprint density at radius 1 is 0.896 bits per heavy atom. The number of benzene rings is 3. The summed E-state index contributed by atoms with van der Waals surface area (Å²) in [4.78, 5) is 52.4. The summed E-state index contributed by atoms with van der Waals surface area (Å²) in [7, 11) is 0. The standard InChI is InChI=1S/C37H43N3O7S/c41-22-31(20-27-12-4-1-5-13-27)38-34(42)21-30-18-10-11-19-33(40-37(45)47-23-28-14-6-2-7-15-28)36(44)46-24-32(39-35(30)43)26-48-25-29-16-8-3-9-17-29/h1-17,30-33,41H,18-26H2,(H,38,42)(H,39,43)(H,40,45). The molecule has 1 aliphatic rings. The molecule has 1 aliphatic heterocycles. The maximum atomic E-state index is 13.5. The molecule has 11 heteroatoms. The normalized spacial score (nSPS) is 19.1. The van der Waals surface area contributed by atoms with E-state index in [9.17, 15) is 24.3 Å². The Hall–Kier alpha value is -4.61. The van der Waals surface area contributed by atoms with Crippen LogP contribution in [0, 0.1) is 5.92 Å². The first-order valence-corrected chi connectivity index (χ1v) is 17.2. The highest BCUT2D eigenvalue weighted by atomic mass is 32.2. The summed E-state index contributed by atoms with van der Waals surface area (Å²) >= 11 is 1.58. The van der Waals surface area contributed by atoms with Crippen molar-refractivity contribution in [1.29, 1.82) is 0 Å². The van der Waals surface area contributed by atoms with Crippen LogP contribution in [-0.2, 0) is 42.6 Å². The first kappa shape index (κ1) is 36.2. The van der Waals surface area contributed by atoms with Gasteiger partial charge >= 0.3 is 12.1 Å². The number of nitrogens with one attached hydrogen (secondary N) is 3. The molecule has 3 amide bonds. The number of hydrogen-bond donors (Lipinski definition) is 4. The third kappa shape index (κ3) is 12.9. The highest BCUT2D eigenvalue weighted by Gasteiger charge is 2.28. The van der Waals surface area contributed by atoms with Gasteiger partial charge < -0.3 is 30.5 Å². The van der Waals surface area contributed by atoms with E-state index in [1.807, 2.05) is 91.0 Å². The Morgan fingerprint density at radius 2 is 1.52 bits per heavy atom. The molecule has 1 heterocycles. The van der Waals surface area contributed by atoms with Crippen LogP contribution in [-0.4, -0.2) is 66.1 Å².